The van der Waals surface area contributed by atoms with Crippen molar-refractivity contribution in [3.8, 4) is 0 Å². The summed E-state index contributed by atoms with van der Waals surface area (Å²) in [5.41, 5.74) is 2.62. The summed E-state index contributed by atoms with van der Waals surface area (Å²) < 4.78 is 0. The standard InChI is InChI=1S/C20H32O2/c1-13(2)16-10-11-20(5,18(16)8-7-15(4)21)12-17-14(3)6-9-19(17)22/h13,16,18H,6-12H2,1-5H3/t16-,18+,20-/m0/s1. The van der Waals surface area contributed by atoms with Gasteiger partial charge in [-0.25, -0.2) is 0 Å². The van der Waals surface area contributed by atoms with Crippen LogP contribution in [-0.4, -0.2) is 11.6 Å². The molecule has 0 saturated heterocycles. The predicted molar refractivity (Wildman–Crippen MR) is 90.6 cm³/mol. The highest BCUT2D eigenvalue weighted by atomic mass is 16.1. The summed E-state index contributed by atoms with van der Waals surface area (Å²) in [5, 5.41) is 0. The Morgan fingerprint density at radius 3 is 2.50 bits per heavy atom. The van der Waals surface area contributed by atoms with E-state index in [2.05, 4.69) is 27.7 Å². The van der Waals surface area contributed by atoms with E-state index in [-0.39, 0.29) is 5.41 Å². The summed E-state index contributed by atoms with van der Waals surface area (Å²) in [4.78, 5) is 23.7. The molecule has 0 unspecified atom stereocenters. The minimum absolute atomic E-state index is 0.195. The third-order valence-corrected chi connectivity index (χ3v) is 6.28. The fourth-order valence-electron chi connectivity index (χ4n) is 4.83. The summed E-state index contributed by atoms with van der Waals surface area (Å²) in [6, 6.07) is 0. The zero-order chi connectivity index (χ0) is 16.5. The lowest BCUT2D eigenvalue weighted by Crippen LogP contribution is -2.29. The van der Waals surface area contributed by atoms with Crippen LogP contribution in [0.1, 0.15) is 79.6 Å². The average Bonchev–Trinajstić information content (AvgIpc) is 2.91. The molecule has 0 spiro atoms. The zero-order valence-electron chi connectivity index (χ0n) is 15.0. The van der Waals surface area contributed by atoms with Gasteiger partial charge in [-0.3, -0.25) is 4.79 Å². The van der Waals surface area contributed by atoms with Crippen molar-refractivity contribution in [2.24, 2.45) is 23.2 Å². The molecule has 0 bridgehead atoms. The SMILES string of the molecule is CC(=O)CC[C@@H]1[C@H](C(C)C)CC[C@@]1(C)CC1=C(C)CCC1=O. The Hall–Kier alpha value is -0.920. The van der Waals surface area contributed by atoms with Crippen LogP contribution in [0.5, 0.6) is 0 Å². The summed E-state index contributed by atoms with van der Waals surface area (Å²) >= 11 is 0. The van der Waals surface area contributed by atoms with Crippen LogP contribution in [0.2, 0.25) is 0 Å². The van der Waals surface area contributed by atoms with Crippen LogP contribution in [-0.2, 0) is 9.59 Å². The highest BCUT2D eigenvalue weighted by Crippen LogP contribution is 2.55. The maximum atomic E-state index is 12.2. The van der Waals surface area contributed by atoms with Gasteiger partial charge in [0.2, 0.25) is 0 Å². The molecule has 2 aliphatic carbocycles. The summed E-state index contributed by atoms with van der Waals surface area (Å²) in [6.07, 6.45) is 6.73. The number of hydrogen-bond acceptors (Lipinski definition) is 2. The van der Waals surface area contributed by atoms with E-state index in [1.807, 2.05) is 0 Å². The van der Waals surface area contributed by atoms with Crippen molar-refractivity contribution in [3.63, 3.8) is 0 Å². The molecule has 1 saturated carbocycles. The lowest BCUT2D eigenvalue weighted by atomic mass is 9.68. The Bertz CT molecular complexity index is 486. The lowest BCUT2D eigenvalue weighted by Gasteiger charge is -2.36. The van der Waals surface area contributed by atoms with Gasteiger partial charge in [-0.2, -0.15) is 0 Å². The van der Waals surface area contributed by atoms with Crippen molar-refractivity contribution < 1.29 is 9.59 Å². The summed E-state index contributed by atoms with van der Waals surface area (Å²) in [5.74, 6) is 2.60. The third kappa shape index (κ3) is 3.52. The van der Waals surface area contributed by atoms with E-state index in [1.165, 1.54) is 18.4 Å². The highest BCUT2D eigenvalue weighted by Gasteiger charge is 2.46. The maximum Gasteiger partial charge on any atom is 0.159 e. The molecule has 0 heterocycles. The summed E-state index contributed by atoms with van der Waals surface area (Å²) in [7, 11) is 0. The number of hydrogen-bond donors (Lipinski definition) is 0. The van der Waals surface area contributed by atoms with E-state index >= 15 is 0 Å². The molecule has 2 nitrogen and oxygen atoms in total. The van der Waals surface area contributed by atoms with Crippen LogP contribution in [0.3, 0.4) is 0 Å². The molecule has 22 heavy (non-hydrogen) atoms. The van der Waals surface area contributed by atoms with Gasteiger partial charge < -0.3 is 4.79 Å². The van der Waals surface area contributed by atoms with Crippen molar-refractivity contribution in [3.05, 3.63) is 11.1 Å². The van der Waals surface area contributed by atoms with Gasteiger partial charge in [0.25, 0.3) is 0 Å². The van der Waals surface area contributed by atoms with E-state index in [0.717, 1.165) is 24.8 Å². The maximum absolute atomic E-state index is 12.2. The van der Waals surface area contributed by atoms with Crippen LogP contribution in [0.15, 0.2) is 11.1 Å². The Kier molecular flexibility index (Phi) is 5.29. The van der Waals surface area contributed by atoms with Gasteiger partial charge in [-0.05, 0) is 74.7 Å². The van der Waals surface area contributed by atoms with Crippen molar-refractivity contribution >= 4 is 11.6 Å². The fraction of sp³-hybridized carbons (Fsp3) is 0.800. The molecule has 0 radical (unpaired) electrons. The van der Waals surface area contributed by atoms with Crippen LogP contribution in [0, 0.1) is 23.2 Å². The Balaban J connectivity index is 2.20. The van der Waals surface area contributed by atoms with Gasteiger partial charge >= 0.3 is 0 Å². The monoisotopic (exact) mass is 304 g/mol. The second-order valence-electron chi connectivity index (χ2n) is 8.31. The van der Waals surface area contributed by atoms with E-state index in [1.54, 1.807) is 6.92 Å². The second-order valence-corrected chi connectivity index (χ2v) is 8.31. The lowest BCUT2D eigenvalue weighted by molar-refractivity contribution is -0.118. The van der Waals surface area contributed by atoms with Crippen molar-refractivity contribution in [2.45, 2.75) is 79.6 Å². The topological polar surface area (TPSA) is 34.1 Å². The highest BCUT2D eigenvalue weighted by molar-refractivity contribution is 5.98. The van der Waals surface area contributed by atoms with Gasteiger partial charge in [0.15, 0.2) is 5.78 Å². The average molecular weight is 304 g/mol. The Labute approximate surface area is 135 Å². The van der Waals surface area contributed by atoms with E-state index < -0.39 is 0 Å². The van der Waals surface area contributed by atoms with Gasteiger partial charge in [-0.15, -0.1) is 0 Å². The molecule has 3 atom stereocenters. The molecule has 0 aromatic carbocycles. The summed E-state index contributed by atoms with van der Waals surface area (Å²) in [6.45, 7) is 10.8. The van der Waals surface area contributed by atoms with Crippen LogP contribution < -0.4 is 0 Å². The molecule has 124 valence electrons. The second kappa shape index (κ2) is 6.68. The van der Waals surface area contributed by atoms with Crippen LogP contribution in [0.25, 0.3) is 0 Å². The molecule has 2 aliphatic rings. The minimum Gasteiger partial charge on any atom is -0.300 e. The van der Waals surface area contributed by atoms with E-state index in [4.69, 9.17) is 0 Å². The number of ketones is 2. The zero-order valence-corrected chi connectivity index (χ0v) is 15.0. The predicted octanol–water partition coefficient (Wildman–Crippen LogP) is 5.11. The minimum atomic E-state index is 0.195. The number of rotatable bonds is 6. The Morgan fingerprint density at radius 2 is 2.00 bits per heavy atom. The van der Waals surface area contributed by atoms with Gasteiger partial charge in [0.1, 0.15) is 5.78 Å². The molecule has 0 amide bonds. The molecule has 0 aromatic heterocycles. The molecule has 1 fully saturated rings. The Morgan fingerprint density at radius 1 is 1.32 bits per heavy atom. The first-order valence-corrected chi connectivity index (χ1v) is 8.96. The normalized spacial score (nSPS) is 32.4. The smallest absolute Gasteiger partial charge is 0.159 e. The quantitative estimate of drug-likeness (QED) is 0.683. The molecular weight excluding hydrogens is 272 g/mol. The first kappa shape index (κ1) is 17.4. The first-order valence-electron chi connectivity index (χ1n) is 8.96. The fourth-order valence-corrected chi connectivity index (χ4v) is 4.83. The number of carbonyl (C=O) groups is 2. The molecule has 0 aromatic rings. The largest absolute Gasteiger partial charge is 0.300 e. The molecule has 2 heteroatoms. The number of Topliss-reactive ketones (excluding diaryl/α,β-unsaturated/α-hetero) is 2. The van der Waals surface area contributed by atoms with E-state index in [9.17, 15) is 9.59 Å². The van der Waals surface area contributed by atoms with Crippen molar-refractivity contribution in [2.75, 3.05) is 0 Å². The molecule has 0 N–H and O–H groups in total. The van der Waals surface area contributed by atoms with Crippen LogP contribution >= 0.6 is 0 Å². The van der Waals surface area contributed by atoms with Gasteiger partial charge in [0, 0.05) is 12.8 Å². The number of carbonyl (C=O) groups excluding carboxylic acids is 2. The van der Waals surface area contributed by atoms with Gasteiger partial charge in [-0.1, -0.05) is 26.3 Å². The van der Waals surface area contributed by atoms with Crippen molar-refractivity contribution in [1.82, 2.24) is 0 Å². The first-order chi connectivity index (χ1) is 10.2. The van der Waals surface area contributed by atoms with Crippen LogP contribution in [0.4, 0.5) is 0 Å². The van der Waals surface area contributed by atoms with Crippen molar-refractivity contribution in [1.29, 1.82) is 0 Å². The molecular formula is C20H32O2. The van der Waals surface area contributed by atoms with E-state index in [0.29, 0.717) is 42.2 Å². The molecule has 2 rings (SSSR count). The molecule has 0 aliphatic heterocycles. The number of allylic oxidation sites excluding steroid dienone is 2. The van der Waals surface area contributed by atoms with Gasteiger partial charge in [0.05, 0.1) is 0 Å². The third-order valence-electron chi connectivity index (χ3n) is 6.28.